The molecule has 0 bridgehead atoms. The summed E-state index contributed by atoms with van der Waals surface area (Å²) in [6.07, 6.45) is 0. The predicted octanol–water partition coefficient (Wildman–Crippen LogP) is 3.52. The van der Waals surface area contributed by atoms with Crippen LogP contribution in [0.25, 0.3) is 0 Å². The highest BCUT2D eigenvalue weighted by Crippen LogP contribution is 2.23. The molecule has 112 valence electrons. The standard InChI is InChI=1S/C15H16ClNO2S2/c1-15(19,11-6-7-20-8-11)10-17-14(18)9-21-13-4-2-12(16)3-5-13/h2-8,19H,9-10H2,1H3,(H,17,18). The number of hydrogen-bond acceptors (Lipinski definition) is 4. The van der Waals surface area contributed by atoms with Gasteiger partial charge in [0.2, 0.25) is 5.91 Å². The van der Waals surface area contributed by atoms with Crippen LogP contribution in [0.4, 0.5) is 0 Å². The molecule has 0 saturated carbocycles. The number of carbonyl (C=O) groups excluding carboxylic acids is 1. The largest absolute Gasteiger partial charge is 0.384 e. The number of aliphatic hydroxyl groups is 1. The average molecular weight is 342 g/mol. The lowest BCUT2D eigenvalue weighted by atomic mass is 9.99. The Morgan fingerprint density at radius 3 is 2.71 bits per heavy atom. The molecule has 3 nitrogen and oxygen atoms in total. The zero-order valence-electron chi connectivity index (χ0n) is 11.5. The van der Waals surface area contributed by atoms with Crippen LogP contribution in [0.2, 0.25) is 5.02 Å². The second-order valence-corrected chi connectivity index (χ2v) is 7.07. The van der Waals surface area contributed by atoms with E-state index >= 15 is 0 Å². The van der Waals surface area contributed by atoms with Gasteiger partial charge in [0, 0.05) is 9.92 Å². The van der Waals surface area contributed by atoms with Gasteiger partial charge in [-0.15, -0.1) is 11.8 Å². The molecule has 0 saturated heterocycles. The fourth-order valence-electron chi connectivity index (χ4n) is 1.67. The maximum atomic E-state index is 11.8. The van der Waals surface area contributed by atoms with Gasteiger partial charge in [0.15, 0.2) is 0 Å². The molecule has 21 heavy (non-hydrogen) atoms. The number of carbonyl (C=O) groups is 1. The average Bonchev–Trinajstić information content (AvgIpc) is 3.00. The summed E-state index contributed by atoms with van der Waals surface area (Å²) in [5.74, 6) is 0.201. The topological polar surface area (TPSA) is 49.3 Å². The molecule has 0 aliphatic rings. The molecule has 2 N–H and O–H groups in total. The molecule has 1 unspecified atom stereocenters. The minimum atomic E-state index is -1.04. The van der Waals surface area contributed by atoms with E-state index in [2.05, 4.69) is 5.32 Å². The van der Waals surface area contributed by atoms with Crippen LogP contribution in [-0.4, -0.2) is 23.3 Å². The van der Waals surface area contributed by atoms with Crippen molar-refractivity contribution in [3.8, 4) is 0 Å². The van der Waals surface area contributed by atoms with Crippen molar-refractivity contribution in [1.82, 2.24) is 5.32 Å². The van der Waals surface area contributed by atoms with Crippen molar-refractivity contribution in [3.63, 3.8) is 0 Å². The fraction of sp³-hybridized carbons (Fsp3) is 0.267. The Morgan fingerprint density at radius 2 is 2.10 bits per heavy atom. The molecule has 2 rings (SSSR count). The summed E-state index contributed by atoms with van der Waals surface area (Å²) in [5, 5.41) is 17.5. The molecule has 1 atom stereocenters. The van der Waals surface area contributed by atoms with Crippen molar-refractivity contribution in [1.29, 1.82) is 0 Å². The van der Waals surface area contributed by atoms with Crippen LogP contribution in [0.5, 0.6) is 0 Å². The highest BCUT2D eigenvalue weighted by Gasteiger charge is 2.24. The Hall–Kier alpha value is -1.01. The maximum Gasteiger partial charge on any atom is 0.230 e. The summed E-state index contributed by atoms with van der Waals surface area (Å²) in [6, 6.07) is 9.20. The van der Waals surface area contributed by atoms with E-state index in [1.807, 2.05) is 29.0 Å². The van der Waals surface area contributed by atoms with Crippen molar-refractivity contribution < 1.29 is 9.90 Å². The monoisotopic (exact) mass is 341 g/mol. The molecular formula is C15H16ClNO2S2. The Labute approximate surface area is 137 Å². The van der Waals surface area contributed by atoms with Gasteiger partial charge in [-0.2, -0.15) is 11.3 Å². The van der Waals surface area contributed by atoms with E-state index in [-0.39, 0.29) is 12.5 Å². The van der Waals surface area contributed by atoms with Crippen LogP contribution >= 0.6 is 34.7 Å². The molecular weight excluding hydrogens is 326 g/mol. The lowest BCUT2D eigenvalue weighted by Crippen LogP contribution is -2.39. The van der Waals surface area contributed by atoms with Gasteiger partial charge in [-0.3, -0.25) is 4.79 Å². The Balaban J connectivity index is 1.78. The molecule has 0 radical (unpaired) electrons. The van der Waals surface area contributed by atoms with Crippen LogP contribution in [0.15, 0.2) is 46.0 Å². The van der Waals surface area contributed by atoms with Crippen molar-refractivity contribution in [2.24, 2.45) is 0 Å². The third kappa shape index (κ3) is 5.04. The first-order valence-electron chi connectivity index (χ1n) is 6.37. The van der Waals surface area contributed by atoms with E-state index in [4.69, 9.17) is 11.6 Å². The van der Waals surface area contributed by atoms with Crippen molar-refractivity contribution >= 4 is 40.6 Å². The first-order valence-corrected chi connectivity index (χ1v) is 8.68. The smallest absolute Gasteiger partial charge is 0.230 e. The number of halogens is 1. The zero-order valence-corrected chi connectivity index (χ0v) is 13.9. The van der Waals surface area contributed by atoms with Gasteiger partial charge in [0.1, 0.15) is 5.60 Å². The van der Waals surface area contributed by atoms with Crippen molar-refractivity contribution in [2.45, 2.75) is 17.4 Å². The fourth-order valence-corrected chi connectivity index (χ4v) is 3.31. The second kappa shape index (κ2) is 7.31. The molecule has 0 aliphatic heterocycles. The number of rotatable bonds is 6. The number of benzene rings is 1. The van der Waals surface area contributed by atoms with Crippen LogP contribution in [0, 0.1) is 0 Å². The van der Waals surface area contributed by atoms with E-state index in [1.165, 1.54) is 23.1 Å². The zero-order chi connectivity index (χ0) is 15.3. The van der Waals surface area contributed by atoms with Gasteiger partial charge in [-0.05, 0) is 53.6 Å². The first-order chi connectivity index (χ1) is 9.97. The summed E-state index contributed by atoms with van der Waals surface area (Å²) < 4.78 is 0. The quantitative estimate of drug-likeness (QED) is 0.790. The number of thioether (sulfide) groups is 1. The maximum absolute atomic E-state index is 11.8. The van der Waals surface area contributed by atoms with Crippen LogP contribution in [0.1, 0.15) is 12.5 Å². The predicted molar refractivity (Wildman–Crippen MR) is 89.1 cm³/mol. The SMILES string of the molecule is CC(O)(CNC(=O)CSc1ccc(Cl)cc1)c1ccsc1. The summed E-state index contributed by atoms with van der Waals surface area (Å²) in [7, 11) is 0. The van der Waals surface area contributed by atoms with Gasteiger partial charge in [-0.1, -0.05) is 11.6 Å². The van der Waals surface area contributed by atoms with Crippen molar-refractivity contribution in [3.05, 3.63) is 51.7 Å². The highest BCUT2D eigenvalue weighted by molar-refractivity contribution is 8.00. The minimum Gasteiger partial charge on any atom is -0.384 e. The number of thiophene rings is 1. The molecule has 2 aromatic rings. The molecule has 1 heterocycles. The summed E-state index contributed by atoms with van der Waals surface area (Å²) in [5.41, 5.74) is -0.223. The molecule has 6 heteroatoms. The molecule has 1 amide bonds. The Morgan fingerprint density at radius 1 is 1.38 bits per heavy atom. The van der Waals surface area contributed by atoms with E-state index < -0.39 is 5.60 Å². The highest BCUT2D eigenvalue weighted by atomic mass is 35.5. The normalized spacial score (nSPS) is 13.7. The van der Waals surface area contributed by atoms with Crippen LogP contribution in [-0.2, 0) is 10.4 Å². The summed E-state index contributed by atoms with van der Waals surface area (Å²) >= 11 is 8.76. The van der Waals surface area contributed by atoms with E-state index in [9.17, 15) is 9.90 Å². The van der Waals surface area contributed by atoms with E-state index in [1.54, 1.807) is 19.1 Å². The molecule has 0 aliphatic carbocycles. The molecule has 0 fully saturated rings. The van der Waals surface area contributed by atoms with Crippen molar-refractivity contribution in [2.75, 3.05) is 12.3 Å². The van der Waals surface area contributed by atoms with Crippen LogP contribution in [0.3, 0.4) is 0 Å². The Bertz CT molecular complexity index is 582. The number of hydrogen-bond donors (Lipinski definition) is 2. The van der Waals surface area contributed by atoms with Gasteiger partial charge < -0.3 is 10.4 Å². The molecule has 1 aromatic heterocycles. The summed E-state index contributed by atoms with van der Waals surface area (Å²) in [6.45, 7) is 1.89. The number of amides is 1. The molecule has 0 spiro atoms. The third-order valence-electron chi connectivity index (χ3n) is 2.96. The van der Waals surface area contributed by atoms with Gasteiger partial charge in [-0.25, -0.2) is 0 Å². The van der Waals surface area contributed by atoms with Gasteiger partial charge in [0.05, 0.1) is 12.3 Å². The third-order valence-corrected chi connectivity index (χ3v) is 4.90. The number of nitrogens with one attached hydrogen (secondary N) is 1. The van der Waals surface area contributed by atoms with E-state index in [0.717, 1.165) is 10.5 Å². The van der Waals surface area contributed by atoms with Gasteiger partial charge in [0.25, 0.3) is 0 Å². The Kier molecular flexibility index (Phi) is 5.70. The van der Waals surface area contributed by atoms with E-state index in [0.29, 0.717) is 10.8 Å². The summed E-state index contributed by atoms with van der Waals surface area (Å²) in [4.78, 5) is 12.8. The minimum absolute atomic E-state index is 0.106. The first kappa shape index (κ1) is 16.4. The lowest BCUT2D eigenvalue weighted by molar-refractivity contribution is -0.119. The second-order valence-electron chi connectivity index (χ2n) is 4.81. The van der Waals surface area contributed by atoms with Crippen LogP contribution < -0.4 is 5.32 Å². The van der Waals surface area contributed by atoms with Gasteiger partial charge >= 0.3 is 0 Å². The molecule has 1 aromatic carbocycles. The lowest BCUT2D eigenvalue weighted by Gasteiger charge is -2.22.